The molecule has 1 amide bonds. The highest BCUT2D eigenvalue weighted by Gasteiger charge is 2.15. The first-order valence-corrected chi connectivity index (χ1v) is 6.45. The fraction of sp³-hybridized carbons (Fsp3) is 0.818. The second-order valence-corrected chi connectivity index (χ2v) is 5.44. The topological polar surface area (TPSA) is 78.3 Å². The van der Waals surface area contributed by atoms with E-state index < -0.39 is 11.7 Å². The fourth-order valence-corrected chi connectivity index (χ4v) is 1.09. The summed E-state index contributed by atoms with van der Waals surface area (Å²) >= 11 is 4.94. The fourth-order valence-electron chi connectivity index (χ4n) is 0.954. The predicted molar refractivity (Wildman–Crippen MR) is 78.0 cm³/mol. The summed E-state index contributed by atoms with van der Waals surface area (Å²) < 4.78 is 5.10. The molecule has 0 saturated carbocycles. The van der Waals surface area contributed by atoms with Gasteiger partial charge in [0.25, 0.3) is 0 Å². The van der Waals surface area contributed by atoms with E-state index in [1.54, 1.807) is 19.1 Å². The maximum Gasteiger partial charge on any atom is 0.407 e. The maximum atomic E-state index is 11.3. The Morgan fingerprint density at radius 2 is 1.84 bits per heavy atom. The summed E-state index contributed by atoms with van der Waals surface area (Å²) in [6.07, 6.45) is 0.305. The molecule has 0 atom stereocenters. The minimum absolute atomic E-state index is 0.325. The smallest absolute Gasteiger partial charge is 0.407 e. The number of carbonyl (C=O) groups is 1. The van der Waals surface area contributed by atoms with Crippen molar-refractivity contribution in [3.8, 4) is 0 Å². The Morgan fingerprint density at radius 1 is 1.26 bits per heavy atom. The number of rotatable bonds is 5. The summed E-state index contributed by atoms with van der Waals surface area (Å²) in [5.74, 6) is 0. The summed E-state index contributed by atoms with van der Waals surface area (Å²) in [5.41, 5.74) is -0.476. The first kappa shape index (κ1) is 17.6. The van der Waals surface area contributed by atoms with Gasteiger partial charge in [0.15, 0.2) is 0 Å². The van der Waals surface area contributed by atoms with Gasteiger partial charge < -0.3 is 15.4 Å². The van der Waals surface area contributed by atoms with Crippen molar-refractivity contribution in [2.24, 2.45) is 10.3 Å². The van der Waals surface area contributed by atoms with Gasteiger partial charge in [0, 0.05) is 27.2 Å². The van der Waals surface area contributed by atoms with Gasteiger partial charge in [-0.3, -0.25) is 5.01 Å². The number of alkyl carbamates (subject to hydrolysis) is 1. The van der Waals surface area contributed by atoms with Crippen molar-refractivity contribution in [3.05, 3.63) is 0 Å². The van der Waals surface area contributed by atoms with E-state index in [1.165, 1.54) is 0 Å². The first-order chi connectivity index (χ1) is 8.70. The highest BCUT2D eigenvalue weighted by Crippen LogP contribution is 2.06. The van der Waals surface area contributed by atoms with Crippen LogP contribution < -0.4 is 10.6 Å². The number of hydrogen-bond donors (Lipinski definition) is 2. The van der Waals surface area contributed by atoms with Crippen molar-refractivity contribution in [3.63, 3.8) is 0 Å². The third-order valence-electron chi connectivity index (χ3n) is 1.61. The highest BCUT2D eigenvalue weighted by molar-refractivity contribution is 7.80. The molecule has 0 aliphatic rings. The molecule has 7 nitrogen and oxygen atoms in total. The molecular weight excluding hydrogens is 266 g/mol. The van der Waals surface area contributed by atoms with E-state index in [4.69, 9.17) is 17.0 Å². The monoisotopic (exact) mass is 289 g/mol. The zero-order valence-corrected chi connectivity index (χ0v) is 13.0. The number of carbonyl (C=O) groups excluding carboxylic acids is 1. The minimum atomic E-state index is -0.476. The van der Waals surface area contributed by atoms with Crippen LogP contribution in [0.1, 0.15) is 27.2 Å². The van der Waals surface area contributed by atoms with Crippen LogP contribution in [0.15, 0.2) is 10.3 Å². The van der Waals surface area contributed by atoms with Crippen LogP contribution in [0.5, 0.6) is 0 Å². The van der Waals surface area contributed by atoms with E-state index in [1.807, 2.05) is 20.8 Å². The lowest BCUT2D eigenvalue weighted by molar-refractivity contribution is 0.0527. The predicted octanol–water partition coefficient (Wildman–Crippen LogP) is 1.70. The van der Waals surface area contributed by atoms with Crippen molar-refractivity contribution in [2.75, 3.05) is 27.2 Å². The number of hydrogen-bond acceptors (Lipinski definition) is 4. The largest absolute Gasteiger partial charge is 0.444 e. The van der Waals surface area contributed by atoms with Gasteiger partial charge in [0.2, 0.25) is 5.11 Å². The van der Waals surface area contributed by atoms with Crippen LogP contribution in [-0.2, 0) is 4.74 Å². The SMILES string of the molecule is CN(C)/N=N/C(=S)NCCCNC(=O)OC(C)(C)C. The second kappa shape index (κ2) is 8.63. The quantitative estimate of drug-likeness (QED) is 0.348. The molecule has 0 aromatic rings. The molecule has 0 heterocycles. The molecule has 0 unspecified atom stereocenters. The van der Waals surface area contributed by atoms with Crippen LogP contribution in [0.4, 0.5) is 4.79 Å². The molecule has 110 valence electrons. The molecule has 0 saturated heterocycles. The van der Waals surface area contributed by atoms with Gasteiger partial charge in [-0.25, -0.2) is 4.79 Å². The van der Waals surface area contributed by atoms with Gasteiger partial charge in [-0.15, -0.1) is 5.11 Å². The van der Waals surface area contributed by atoms with Gasteiger partial charge >= 0.3 is 6.09 Å². The number of nitrogens with one attached hydrogen (secondary N) is 2. The Balaban J connectivity index is 3.60. The molecule has 0 radical (unpaired) electrons. The Labute approximate surface area is 119 Å². The molecule has 0 rings (SSSR count). The molecule has 0 aromatic carbocycles. The zero-order valence-electron chi connectivity index (χ0n) is 12.2. The van der Waals surface area contributed by atoms with E-state index in [-0.39, 0.29) is 0 Å². The average molecular weight is 289 g/mol. The number of amides is 1. The highest BCUT2D eigenvalue weighted by atomic mass is 32.1. The Bertz CT molecular complexity index is 326. The van der Waals surface area contributed by atoms with E-state index in [0.717, 1.165) is 6.42 Å². The van der Waals surface area contributed by atoms with Gasteiger partial charge in [-0.2, -0.15) is 0 Å². The minimum Gasteiger partial charge on any atom is -0.444 e. The third-order valence-corrected chi connectivity index (χ3v) is 1.84. The Kier molecular flexibility index (Phi) is 7.97. The van der Waals surface area contributed by atoms with Crippen LogP contribution in [0.3, 0.4) is 0 Å². The van der Waals surface area contributed by atoms with Crippen molar-refractivity contribution in [2.45, 2.75) is 32.8 Å². The molecule has 8 heteroatoms. The lowest BCUT2D eigenvalue weighted by Gasteiger charge is -2.19. The van der Waals surface area contributed by atoms with Crippen molar-refractivity contribution in [1.82, 2.24) is 15.6 Å². The van der Waals surface area contributed by atoms with Crippen molar-refractivity contribution >= 4 is 23.4 Å². The molecule has 19 heavy (non-hydrogen) atoms. The van der Waals surface area contributed by atoms with E-state index in [0.29, 0.717) is 18.2 Å². The summed E-state index contributed by atoms with van der Waals surface area (Å²) in [5, 5.41) is 15.0. The summed E-state index contributed by atoms with van der Waals surface area (Å²) in [6, 6.07) is 0. The Hall–Kier alpha value is -1.44. The number of ether oxygens (including phenoxy) is 1. The van der Waals surface area contributed by atoms with Gasteiger partial charge in [0.05, 0.1) is 0 Å². The van der Waals surface area contributed by atoms with Crippen LogP contribution >= 0.6 is 12.2 Å². The van der Waals surface area contributed by atoms with Crippen molar-refractivity contribution < 1.29 is 9.53 Å². The lowest BCUT2D eigenvalue weighted by Crippen LogP contribution is -2.34. The van der Waals surface area contributed by atoms with Crippen LogP contribution in [0, 0.1) is 0 Å². The van der Waals surface area contributed by atoms with Gasteiger partial charge in [-0.1, -0.05) is 5.22 Å². The molecule has 0 aliphatic heterocycles. The van der Waals surface area contributed by atoms with Crippen molar-refractivity contribution in [1.29, 1.82) is 0 Å². The van der Waals surface area contributed by atoms with Gasteiger partial charge in [0.1, 0.15) is 5.60 Å². The summed E-state index contributed by atoms with van der Waals surface area (Å²) in [6.45, 7) is 6.59. The van der Waals surface area contributed by atoms with E-state index in [9.17, 15) is 4.79 Å². The first-order valence-electron chi connectivity index (χ1n) is 6.04. The zero-order chi connectivity index (χ0) is 14.9. The molecule has 0 aromatic heterocycles. The molecule has 0 bridgehead atoms. The maximum absolute atomic E-state index is 11.3. The van der Waals surface area contributed by atoms with Crippen LogP contribution in [-0.4, -0.2) is 49.0 Å². The molecule has 0 spiro atoms. The second-order valence-electron chi connectivity index (χ2n) is 5.05. The molecular formula is C11H23N5O2S. The number of thiocarbonyl (C=S) groups is 1. The molecule has 2 N–H and O–H groups in total. The third kappa shape index (κ3) is 12.8. The normalized spacial score (nSPS) is 11.2. The van der Waals surface area contributed by atoms with Crippen LogP contribution in [0.2, 0.25) is 0 Å². The summed E-state index contributed by atoms with van der Waals surface area (Å²) in [7, 11) is 3.52. The number of nitrogens with zero attached hydrogens (tertiary/aromatic N) is 3. The van der Waals surface area contributed by atoms with E-state index >= 15 is 0 Å². The van der Waals surface area contributed by atoms with Gasteiger partial charge in [-0.05, 0) is 39.4 Å². The Morgan fingerprint density at radius 3 is 2.37 bits per heavy atom. The average Bonchev–Trinajstić information content (AvgIpc) is 2.23. The standard InChI is InChI=1S/C11H23N5O2S/c1-11(2,3)18-10(17)13-8-6-7-12-9(19)14-15-16(4)5/h6-8H2,1-5H3,(H,12,19)(H,13,17)/b15-14+. The lowest BCUT2D eigenvalue weighted by atomic mass is 10.2. The molecule has 0 aliphatic carbocycles. The molecule has 0 fully saturated rings. The van der Waals surface area contributed by atoms with Crippen LogP contribution in [0.25, 0.3) is 0 Å². The van der Waals surface area contributed by atoms with E-state index in [2.05, 4.69) is 21.0 Å². The summed E-state index contributed by atoms with van der Waals surface area (Å²) in [4.78, 5) is 11.3.